The summed E-state index contributed by atoms with van der Waals surface area (Å²) in [4.78, 5) is 30.2. The predicted octanol–water partition coefficient (Wildman–Crippen LogP) is 2.77. The maximum atomic E-state index is 12.8. The fourth-order valence-corrected chi connectivity index (χ4v) is 3.52. The lowest BCUT2D eigenvalue weighted by Gasteiger charge is -2.32. The number of hydrogen-bond donors (Lipinski definition) is 1. The third-order valence-electron chi connectivity index (χ3n) is 5.21. The largest absolute Gasteiger partial charge is 0.376 e. The number of nitrogens with one attached hydrogen (secondary N) is 1. The molecule has 1 N–H and O–H groups in total. The highest BCUT2D eigenvalue weighted by Gasteiger charge is 2.29. The number of carbonyl (C=O) groups excluding carboxylic acids is 2. The molecule has 0 radical (unpaired) electrons. The first-order valence-electron chi connectivity index (χ1n) is 10.2. The van der Waals surface area contributed by atoms with Crippen LogP contribution in [0.3, 0.4) is 0 Å². The van der Waals surface area contributed by atoms with E-state index in [1.54, 1.807) is 24.3 Å². The summed E-state index contributed by atoms with van der Waals surface area (Å²) in [5.41, 5.74) is 1.29. The van der Waals surface area contributed by atoms with Gasteiger partial charge in [0.25, 0.3) is 5.91 Å². The maximum absolute atomic E-state index is 12.8. The van der Waals surface area contributed by atoms with E-state index in [0.29, 0.717) is 42.6 Å². The van der Waals surface area contributed by atoms with E-state index >= 15 is 0 Å². The van der Waals surface area contributed by atoms with Crippen molar-refractivity contribution in [2.45, 2.75) is 51.0 Å². The average molecular weight is 398 g/mol. The summed E-state index contributed by atoms with van der Waals surface area (Å²) in [6, 6.07) is 6.97. The van der Waals surface area contributed by atoms with E-state index in [4.69, 9.17) is 9.26 Å². The van der Waals surface area contributed by atoms with Gasteiger partial charge in [-0.3, -0.25) is 9.59 Å². The molecule has 2 aromatic rings. The molecule has 154 valence electrons. The number of amides is 2. The fourth-order valence-electron chi connectivity index (χ4n) is 3.52. The lowest BCUT2D eigenvalue weighted by molar-refractivity contribution is -0.114. The molecule has 1 aromatic carbocycles. The van der Waals surface area contributed by atoms with Gasteiger partial charge in [0, 0.05) is 43.6 Å². The second-order valence-electron chi connectivity index (χ2n) is 7.72. The maximum Gasteiger partial charge on any atom is 0.253 e. The van der Waals surface area contributed by atoms with Crippen molar-refractivity contribution in [3.05, 3.63) is 41.5 Å². The molecule has 2 aliphatic rings. The van der Waals surface area contributed by atoms with Crippen LogP contribution in [0.2, 0.25) is 0 Å². The third-order valence-corrected chi connectivity index (χ3v) is 5.21. The van der Waals surface area contributed by atoms with Crippen molar-refractivity contribution in [3.8, 4) is 0 Å². The van der Waals surface area contributed by atoms with Crippen molar-refractivity contribution in [2.24, 2.45) is 0 Å². The molecule has 2 heterocycles. The van der Waals surface area contributed by atoms with Crippen LogP contribution in [0.25, 0.3) is 0 Å². The predicted molar refractivity (Wildman–Crippen MR) is 106 cm³/mol. The Kier molecular flexibility index (Phi) is 5.89. The molecule has 29 heavy (non-hydrogen) atoms. The molecular formula is C21H26N4O4. The number of rotatable bonds is 7. The van der Waals surface area contributed by atoms with Crippen LogP contribution in [0.1, 0.15) is 60.6 Å². The molecule has 0 spiro atoms. The van der Waals surface area contributed by atoms with Crippen LogP contribution in [-0.2, 0) is 16.0 Å². The van der Waals surface area contributed by atoms with Gasteiger partial charge in [0.1, 0.15) is 0 Å². The zero-order valence-electron chi connectivity index (χ0n) is 16.6. The Morgan fingerprint density at radius 2 is 2.03 bits per heavy atom. The Morgan fingerprint density at radius 1 is 1.24 bits per heavy atom. The summed E-state index contributed by atoms with van der Waals surface area (Å²) in [7, 11) is 0. The number of piperidine rings is 1. The summed E-state index contributed by atoms with van der Waals surface area (Å²) >= 11 is 0. The van der Waals surface area contributed by atoms with Crippen molar-refractivity contribution >= 4 is 17.5 Å². The van der Waals surface area contributed by atoms with E-state index in [-0.39, 0.29) is 17.9 Å². The van der Waals surface area contributed by atoms with E-state index in [9.17, 15) is 9.59 Å². The topological polar surface area (TPSA) is 97.6 Å². The lowest BCUT2D eigenvalue weighted by atomic mass is 10.1. The summed E-state index contributed by atoms with van der Waals surface area (Å²) < 4.78 is 11.3. The molecule has 0 bridgehead atoms. The Labute approximate surface area is 169 Å². The smallest absolute Gasteiger partial charge is 0.253 e. The fraction of sp³-hybridized carbons (Fsp3) is 0.524. The number of anilines is 1. The minimum atomic E-state index is -0.135. The van der Waals surface area contributed by atoms with Gasteiger partial charge in [0.15, 0.2) is 5.82 Å². The van der Waals surface area contributed by atoms with Gasteiger partial charge in [-0.25, -0.2) is 0 Å². The van der Waals surface area contributed by atoms with Crippen molar-refractivity contribution in [2.75, 3.05) is 25.0 Å². The van der Waals surface area contributed by atoms with Crippen LogP contribution in [0, 0.1) is 0 Å². The molecule has 1 atom stereocenters. The minimum absolute atomic E-state index is 0.0140. The van der Waals surface area contributed by atoms with Gasteiger partial charge in [0.05, 0.1) is 12.7 Å². The normalized spacial score (nSPS) is 19.2. The molecule has 8 nitrogen and oxygen atoms in total. The van der Waals surface area contributed by atoms with Crippen molar-refractivity contribution in [1.82, 2.24) is 15.0 Å². The van der Waals surface area contributed by atoms with E-state index in [1.165, 1.54) is 6.92 Å². The van der Waals surface area contributed by atoms with Crippen LogP contribution in [0.4, 0.5) is 5.69 Å². The van der Waals surface area contributed by atoms with Crippen LogP contribution in [0.15, 0.2) is 28.8 Å². The van der Waals surface area contributed by atoms with Gasteiger partial charge in [-0.2, -0.15) is 4.98 Å². The van der Waals surface area contributed by atoms with Gasteiger partial charge in [-0.15, -0.1) is 0 Å². The first-order valence-corrected chi connectivity index (χ1v) is 10.2. The highest BCUT2D eigenvalue weighted by molar-refractivity contribution is 5.95. The Bertz CT molecular complexity index is 860. The van der Waals surface area contributed by atoms with Crippen LogP contribution in [-0.4, -0.2) is 52.7 Å². The number of aromatic nitrogens is 2. The van der Waals surface area contributed by atoms with Gasteiger partial charge in [0.2, 0.25) is 11.8 Å². The Balaban J connectivity index is 1.25. The van der Waals surface area contributed by atoms with Crippen molar-refractivity contribution < 1.29 is 18.8 Å². The first-order chi connectivity index (χ1) is 14.1. The lowest BCUT2D eigenvalue weighted by Crippen LogP contribution is -2.43. The van der Waals surface area contributed by atoms with E-state index in [2.05, 4.69) is 15.5 Å². The van der Waals surface area contributed by atoms with Gasteiger partial charge in [-0.1, -0.05) is 5.16 Å². The number of benzene rings is 1. The standard InChI is InChI=1S/C21H26N4O4/c1-14(26)22-17-8-6-16(7-9-17)21(27)25-11-2-3-18(13-25)28-12-10-19-23-20(29-24-19)15-4-5-15/h6-9,15,18H,2-5,10-13H2,1H3,(H,22,26). The molecule has 1 saturated carbocycles. The quantitative estimate of drug-likeness (QED) is 0.770. The van der Waals surface area contributed by atoms with Gasteiger partial charge in [-0.05, 0) is 49.9 Å². The number of carbonyl (C=O) groups is 2. The Hall–Kier alpha value is -2.74. The van der Waals surface area contributed by atoms with E-state index in [1.807, 2.05) is 4.90 Å². The van der Waals surface area contributed by atoms with E-state index < -0.39 is 0 Å². The monoisotopic (exact) mass is 398 g/mol. The van der Waals surface area contributed by atoms with Crippen LogP contribution >= 0.6 is 0 Å². The number of nitrogens with zero attached hydrogens (tertiary/aromatic N) is 3. The molecule has 2 amide bonds. The average Bonchev–Trinajstić information content (AvgIpc) is 3.47. The zero-order valence-corrected chi connectivity index (χ0v) is 16.6. The molecule has 1 aliphatic carbocycles. The molecule has 1 aromatic heterocycles. The van der Waals surface area contributed by atoms with Gasteiger partial charge >= 0.3 is 0 Å². The molecule has 1 unspecified atom stereocenters. The summed E-state index contributed by atoms with van der Waals surface area (Å²) in [6.45, 7) is 3.27. The second-order valence-corrected chi connectivity index (χ2v) is 7.72. The second kappa shape index (κ2) is 8.73. The summed E-state index contributed by atoms with van der Waals surface area (Å²) in [5, 5.41) is 6.72. The molecular weight excluding hydrogens is 372 g/mol. The van der Waals surface area contributed by atoms with Gasteiger partial charge < -0.3 is 19.5 Å². The van der Waals surface area contributed by atoms with Crippen molar-refractivity contribution in [1.29, 1.82) is 0 Å². The third kappa shape index (κ3) is 5.20. The first kappa shape index (κ1) is 19.6. The minimum Gasteiger partial charge on any atom is -0.376 e. The number of ether oxygens (including phenoxy) is 1. The molecule has 1 aliphatic heterocycles. The SMILES string of the molecule is CC(=O)Nc1ccc(C(=O)N2CCCC(OCCc3noc(C4CC4)n3)C2)cc1. The molecule has 8 heteroatoms. The Morgan fingerprint density at radius 3 is 2.76 bits per heavy atom. The highest BCUT2D eigenvalue weighted by Crippen LogP contribution is 2.38. The number of hydrogen-bond acceptors (Lipinski definition) is 6. The van der Waals surface area contributed by atoms with Crippen molar-refractivity contribution in [3.63, 3.8) is 0 Å². The highest BCUT2D eigenvalue weighted by atomic mass is 16.5. The van der Waals surface area contributed by atoms with E-state index in [0.717, 1.165) is 38.1 Å². The molecule has 1 saturated heterocycles. The van der Waals surface area contributed by atoms with Crippen LogP contribution in [0.5, 0.6) is 0 Å². The molecule has 2 fully saturated rings. The number of likely N-dealkylation sites (tertiary alicyclic amines) is 1. The summed E-state index contributed by atoms with van der Waals surface area (Å²) in [6.07, 6.45) is 4.76. The zero-order chi connectivity index (χ0) is 20.2. The summed E-state index contributed by atoms with van der Waals surface area (Å²) in [5.74, 6) is 1.75. The molecule has 4 rings (SSSR count). The van der Waals surface area contributed by atoms with Crippen LogP contribution < -0.4 is 5.32 Å².